The normalized spacial score (nSPS) is 9.74. The van der Waals surface area contributed by atoms with Gasteiger partial charge in [-0.15, -0.1) is 0 Å². The van der Waals surface area contributed by atoms with Crippen molar-refractivity contribution in [2.45, 2.75) is 6.92 Å². The number of hydrogen-bond acceptors (Lipinski definition) is 5. The molecular weight excluding hydrogens is 284 g/mol. The molecule has 0 bridgehead atoms. The van der Waals surface area contributed by atoms with E-state index in [4.69, 9.17) is 16.9 Å². The summed E-state index contributed by atoms with van der Waals surface area (Å²) in [5.41, 5.74) is 1.82. The van der Waals surface area contributed by atoms with Crippen molar-refractivity contribution < 1.29 is 4.79 Å². The Kier molecular flexibility index (Phi) is 4.00. The van der Waals surface area contributed by atoms with Crippen molar-refractivity contribution in [2.75, 3.05) is 10.6 Å². The van der Waals surface area contributed by atoms with E-state index in [9.17, 15) is 4.79 Å². The molecule has 1 aromatic heterocycles. The second-order valence-corrected chi connectivity index (χ2v) is 4.80. The van der Waals surface area contributed by atoms with Crippen molar-refractivity contribution in [2.24, 2.45) is 0 Å². The maximum absolute atomic E-state index is 10.9. The Bertz CT molecular complexity index is 645. The summed E-state index contributed by atoms with van der Waals surface area (Å²) < 4.78 is 3.91. The number of aromatic nitrogens is 1. The SMILES string of the molecule is CC(=O)Nc1ccc(Nc2snc(Cl)c2C#N)cc1. The van der Waals surface area contributed by atoms with E-state index in [1.807, 2.05) is 6.07 Å². The summed E-state index contributed by atoms with van der Waals surface area (Å²) >= 11 is 6.91. The molecule has 2 aromatic rings. The van der Waals surface area contributed by atoms with Crippen LogP contribution in [0.15, 0.2) is 24.3 Å². The monoisotopic (exact) mass is 292 g/mol. The van der Waals surface area contributed by atoms with Crippen molar-refractivity contribution in [1.29, 1.82) is 5.26 Å². The zero-order valence-electron chi connectivity index (χ0n) is 9.90. The van der Waals surface area contributed by atoms with E-state index in [1.165, 1.54) is 6.92 Å². The molecule has 1 aromatic carbocycles. The number of carbonyl (C=O) groups is 1. The molecule has 19 heavy (non-hydrogen) atoms. The minimum Gasteiger partial charge on any atom is -0.345 e. The van der Waals surface area contributed by atoms with Gasteiger partial charge in [0.05, 0.1) is 0 Å². The molecule has 0 radical (unpaired) electrons. The highest BCUT2D eigenvalue weighted by Crippen LogP contribution is 2.30. The molecule has 2 N–H and O–H groups in total. The Labute approximate surface area is 119 Å². The van der Waals surface area contributed by atoms with E-state index in [-0.39, 0.29) is 11.1 Å². The maximum atomic E-state index is 10.9. The van der Waals surface area contributed by atoms with Gasteiger partial charge in [-0.2, -0.15) is 9.64 Å². The van der Waals surface area contributed by atoms with Gasteiger partial charge in [0, 0.05) is 18.3 Å². The molecule has 2 rings (SSSR count). The Morgan fingerprint density at radius 1 is 1.37 bits per heavy atom. The number of halogens is 1. The van der Waals surface area contributed by atoms with Gasteiger partial charge in [-0.3, -0.25) is 4.79 Å². The zero-order chi connectivity index (χ0) is 13.8. The van der Waals surface area contributed by atoms with Gasteiger partial charge in [0.15, 0.2) is 5.15 Å². The molecule has 0 unspecified atom stereocenters. The molecule has 1 heterocycles. The first-order valence-corrected chi connectivity index (χ1v) is 6.45. The van der Waals surface area contributed by atoms with Crippen molar-refractivity contribution in [3.63, 3.8) is 0 Å². The van der Waals surface area contributed by atoms with E-state index >= 15 is 0 Å². The van der Waals surface area contributed by atoms with E-state index in [0.717, 1.165) is 17.2 Å². The number of nitrogens with zero attached hydrogens (tertiary/aromatic N) is 2. The van der Waals surface area contributed by atoms with Crippen LogP contribution in [0.25, 0.3) is 0 Å². The lowest BCUT2D eigenvalue weighted by Gasteiger charge is -2.06. The third kappa shape index (κ3) is 3.22. The number of benzene rings is 1. The Morgan fingerprint density at radius 2 is 2.00 bits per heavy atom. The first kappa shape index (κ1) is 13.3. The Hall–Kier alpha value is -2.10. The van der Waals surface area contributed by atoms with Crippen LogP contribution in [-0.4, -0.2) is 10.3 Å². The maximum Gasteiger partial charge on any atom is 0.221 e. The average Bonchev–Trinajstić information content (AvgIpc) is 2.71. The van der Waals surface area contributed by atoms with Crippen molar-refractivity contribution in [3.05, 3.63) is 35.0 Å². The quantitative estimate of drug-likeness (QED) is 0.909. The smallest absolute Gasteiger partial charge is 0.221 e. The van der Waals surface area contributed by atoms with Gasteiger partial charge in [-0.25, -0.2) is 0 Å². The van der Waals surface area contributed by atoms with Crippen LogP contribution in [0, 0.1) is 11.3 Å². The average molecular weight is 293 g/mol. The summed E-state index contributed by atoms with van der Waals surface area (Å²) in [4.78, 5) is 10.9. The van der Waals surface area contributed by atoms with Gasteiger partial charge in [-0.05, 0) is 35.8 Å². The number of hydrogen-bond donors (Lipinski definition) is 2. The van der Waals surface area contributed by atoms with Crippen molar-refractivity contribution in [3.8, 4) is 6.07 Å². The number of nitrogens with one attached hydrogen (secondary N) is 2. The summed E-state index contributed by atoms with van der Waals surface area (Å²) in [6, 6.07) is 9.11. The van der Waals surface area contributed by atoms with E-state index in [2.05, 4.69) is 15.0 Å². The van der Waals surface area contributed by atoms with Gasteiger partial charge in [0.25, 0.3) is 0 Å². The fourth-order valence-corrected chi connectivity index (χ4v) is 2.38. The molecule has 7 heteroatoms. The lowest BCUT2D eigenvalue weighted by molar-refractivity contribution is -0.114. The highest BCUT2D eigenvalue weighted by Gasteiger charge is 2.11. The lowest BCUT2D eigenvalue weighted by atomic mass is 10.2. The van der Waals surface area contributed by atoms with Crippen LogP contribution in [0.4, 0.5) is 16.4 Å². The predicted octanol–water partition coefficient (Wildman–Crippen LogP) is 3.37. The lowest BCUT2D eigenvalue weighted by Crippen LogP contribution is -2.05. The van der Waals surface area contributed by atoms with Gasteiger partial charge >= 0.3 is 0 Å². The van der Waals surface area contributed by atoms with Gasteiger partial charge in [0.1, 0.15) is 16.6 Å². The largest absolute Gasteiger partial charge is 0.345 e. The number of amides is 1. The predicted molar refractivity (Wildman–Crippen MR) is 75.9 cm³/mol. The minimum atomic E-state index is -0.123. The summed E-state index contributed by atoms with van der Waals surface area (Å²) in [6.45, 7) is 1.45. The molecule has 0 saturated heterocycles. The fraction of sp³-hybridized carbons (Fsp3) is 0.0833. The van der Waals surface area contributed by atoms with Crippen molar-refractivity contribution in [1.82, 2.24) is 4.37 Å². The molecule has 5 nitrogen and oxygen atoms in total. The van der Waals surface area contributed by atoms with E-state index in [1.54, 1.807) is 24.3 Å². The standard InChI is InChI=1S/C12H9ClN4OS/c1-7(18)15-8-2-4-9(5-3-8)16-12-10(6-14)11(13)17-19-12/h2-5,16H,1H3,(H,15,18). The van der Waals surface area contributed by atoms with Crippen LogP contribution in [0.1, 0.15) is 12.5 Å². The van der Waals surface area contributed by atoms with Crippen LogP contribution in [0.5, 0.6) is 0 Å². The molecule has 0 fully saturated rings. The van der Waals surface area contributed by atoms with Crippen LogP contribution in [-0.2, 0) is 4.79 Å². The third-order valence-corrected chi connectivity index (χ3v) is 3.36. The van der Waals surface area contributed by atoms with Gasteiger partial charge in [0.2, 0.25) is 5.91 Å². The fourth-order valence-electron chi connectivity index (χ4n) is 1.42. The summed E-state index contributed by atoms with van der Waals surface area (Å²) in [5, 5.41) is 15.5. The minimum absolute atomic E-state index is 0.123. The van der Waals surface area contributed by atoms with Crippen LogP contribution in [0.2, 0.25) is 5.15 Å². The molecule has 0 aliphatic rings. The number of nitriles is 1. The van der Waals surface area contributed by atoms with E-state index < -0.39 is 0 Å². The van der Waals surface area contributed by atoms with Crippen LogP contribution >= 0.6 is 23.1 Å². The highest BCUT2D eigenvalue weighted by molar-refractivity contribution is 7.10. The highest BCUT2D eigenvalue weighted by atomic mass is 35.5. The molecule has 0 aliphatic heterocycles. The van der Waals surface area contributed by atoms with E-state index in [0.29, 0.717) is 16.3 Å². The molecule has 0 aliphatic carbocycles. The molecule has 96 valence electrons. The Balaban J connectivity index is 2.15. The number of anilines is 3. The first-order chi connectivity index (χ1) is 9.10. The first-order valence-electron chi connectivity index (χ1n) is 5.30. The molecular formula is C12H9ClN4OS. The zero-order valence-corrected chi connectivity index (χ0v) is 11.5. The summed E-state index contributed by atoms with van der Waals surface area (Å²) in [5.74, 6) is -0.123. The second kappa shape index (κ2) is 5.69. The number of carbonyl (C=O) groups excluding carboxylic acids is 1. The summed E-state index contributed by atoms with van der Waals surface area (Å²) in [6.07, 6.45) is 0. The Morgan fingerprint density at radius 3 is 2.58 bits per heavy atom. The van der Waals surface area contributed by atoms with Gasteiger partial charge < -0.3 is 10.6 Å². The van der Waals surface area contributed by atoms with Crippen LogP contribution < -0.4 is 10.6 Å². The van der Waals surface area contributed by atoms with Gasteiger partial charge in [-0.1, -0.05) is 11.6 Å². The summed E-state index contributed by atoms with van der Waals surface area (Å²) in [7, 11) is 0. The molecule has 1 amide bonds. The molecule has 0 atom stereocenters. The van der Waals surface area contributed by atoms with Crippen molar-refractivity contribution >= 4 is 45.4 Å². The molecule has 0 spiro atoms. The van der Waals surface area contributed by atoms with Crippen LogP contribution in [0.3, 0.4) is 0 Å². The topological polar surface area (TPSA) is 77.8 Å². The third-order valence-electron chi connectivity index (χ3n) is 2.23. The number of rotatable bonds is 3. The second-order valence-electron chi connectivity index (χ2n) is 3.67. The molecule has 0 saturated carbocycles.